The minimum atomic E-state index is -0.411. The van der Waals surface area contributed by atoms with Gasteiger partial charge in [-0.3, -0.25) is 9.59 Å². The van der Waals surface area contributed by atoms with Gasteiger partial charge in [-0.25, -0.2) is 0 Å². The summed E-state index contributed by atoms with van der Waals surface area (Å²) in [4.78, 5) is 26.4. The lowest BCUT2D eigenvalue weighted by molar-refractivity contribution is -0.146. The van der Waals surface area contributed by atoms with Gasteiger partial charge in [0.1, 0.15) is 0 Å². The predicted octanol–water partition coefficient (Wildman–Crippen LogP) is 4.42. The van der Waals surface area contributed by atoms with Gasteiger partial charge < -0.3 is 9.64 Å². The highest BCUT2D eigenvalue weighted by Crippen LogP contribution is 2.46. The molecule has 0 N–H and O–H groups in total. The van der Waals surface area contributed by atoms with E-state index in [4.69, 9.17) is 4.74 Å². The van der Waals surface area contributed by atoms with Gasteiger partial charge in [0.2, 0.25) is 0 Å². The summed E-state index contributed by atoms with van der Waals surface area (Å²) in [5.41, 5.74) is 3.74. The van der Waals surface area contributed by atoms with E-state index in [2.05, 4.69) is 35.8 Å². The van der Waals surface area contributed by atoms with Gasteiger partial charge in [0.25, 0.3) is 0 Å². The minimum absolute atomic E-state index is 0.147. The molecule has 27 heavy (non-hydrogen) atoms. The summed E-state index contributed by atoms with van der Waals surface area (Å²) in [6.45, 7) is 3.93. The van der Waals surface area contributed by atoms with E-state index >= 15 is 0 Å². The Morgan fingerprint density at radius 1 is 1.11 bits per heavy atom. The molecule has 3 rings (SSSR count). The second-order valence-electron chi connectivity index (χ2n) is 7.16. The van der Waals surface area contributed by atoms with Crippen LogP contribution in [-0.2, 0) is 26.2 Å². The van der Waals surface area contributed by atoms with Gasteiger partial charge >= 0.3 is 5.97 Å². The van der Waals surface area contributed by atoms with Crippen molar-refractivity contribution in [2.24, 2.45) is 0 Å². The van der Waals surface area contributed by atoms with Crippen molar-refractivity contribution in [3.05, 3.63) is 75.9 Å². The number of allylic oxidation sites excluding steroid dienone is 1. The quantitative estimate of drug-likeness (QED) is 0.523. The molecule has 0 saturated heterocycles. The van der Waals surface area contributed by atoms with Crippen molar-refractivity contribution in [2.75, 3.05) is 18.6 Å². The van der Waals surface area contributed by atoms with Crippen molar-refractivity contribution in [3.8, 4) is 0 Å². The molecule has 2 aromatic rings. The van der Waals surface area contributed by atoms with Crippen LogP contribution in [-0.4, -0.2) is 25.4 Å². The van der Waals surface area contributed by atoms with Crippen LogP contribution in [0.2, 0.25) is 0 Å². The van der Waals surface area contributed by atoms with Crippen molar-refractivity contribution < 1.29 is 14.3 Å². The Labute approximate surface area is 168 Å². The number of likely N-dealkylation sites (N-methyl/N-ethyl adjacent to an activating group) is 1. The zero-order valence-corrected chi connectivity index (χ0v) is 17.2. The Balaban J connectivity index is 1.63. The molecule has 0 bridgehead atoms. The molecule has 0 saturated carbocycles. The van der Waals surface area contributed by atoms with E-state index in [9.17, 15) is 9.59 Å². The second-order valence-corrected chi connectivity index (χ2v) is 8.08. The fourth-order valence-electron chi connectivity index (χ4n) is 3.42. The molecular weight excluding hydrogens is 406 g/mol. The Morgan fingerprint density at radius 2 is 1.78 bits per heavy atom. The number of ketones is 1. The molecule has 0 aromatic heterocycles. The SMILES string of the molecule is CN1C(=CC(=O)COC(=O)Cc2ccc(Br)cc2)C(C)(C)c2ccccc21. The number of rotatable bonds is 5. The van der Waals surface area contributed by atoms with Gasteiger partial charge in [-0.1, -0.05) is 60.1 Å². The third-order valence-corrected chi connectivity index (χ3v) is 5.40. The van der Waals surface area contributed by atoms with Crippen LogP contribution in [0.3, 0.4) is 0 Å². The first kappa shape index (κ1) is 19.4. The number of para-hydroxylation sites is 1. The topological polar surface area (TPSA) is 46.6 Å². The number of carbonyl (C=O) groups excluding carboxylic acids is 2. The lowest BCUT2D eigenvalue weighted by atomic mass is 9.83. The summed E-state index contributed by atoms with van der Waals surface area (Å²) in [5.74, 6) is -0.631. The maximum Gasteiger partial charge on any atom is 0.310 e. The van der Waals surface area contributed by atoms with Crippen molar-refractivity contribution in [1.82, 2.24) is 0 Å². The summed E-state index contributed by atoms with van der Waals surface area (Å²) in [6.07, 6.45) is 1.74. The maximum atomic E-state index is 12.4. The van der Waals surface area contributed by atoms with Crippen LogP contribution in [0.1, 0.15) is 25.0 Å². The highest BCUT2D eigenvalue weighted by molar-refractivity contribution is 9.10. The van der Waals surface area contributed by atoms with Gasteiger partial charge in [0.15, 0.2) is 12.4 Å². The highest BCUT2D eigenvalue weighted by atomic mass is 79.9. The van der Waals surface area contributed by atoms with E-state index in [1.807, 2.05) is 54.4 Å². The zero-order valence-electron chi connectivity index (χ0n) is 15.7. The number of hydrogen-bond donors (Lipinski definition) is 0. The van der Waals surface area contributed by atoms with E-state index < -0.39 is 5.97 Å². The van der Waals surface area contributed by atoms with Gasteiger partial charge in [-0.15, -0.1) is 0 Å². The molecule has 2 aromatic carbocycles. The van der Waals surface area contributed by atoms with Crippen molar-refractivity contribution >= 4 is 33.4 Å². The van der Waals surface area contributed by atoms with Crippen molar-refractivity contribution in [2.45, 2.75) is 25.7 Å². The van der Waals surface area contributed by atoms with Gasteiger partial charge in [0, 0.05) is 34.4 Å². The number of benzene rings is 2. The van der Waals surface area contributed by atoms with Crippen molar-refractivity contribution in [3.63, 3.8) is 0 Å². The molecule has 0 radical (unpaired) electrons. The number of fused-ring (bicyclic) bond motifs is 1. The maximum absolute atomic E-state index is 12.4. The molecule has 4 nitrogen and oxygen atoms in total. The molecule has 0 unspecified atom stereocenters. The number of halogens is 1. The Kier molecular flexibility index (Phi) is 5.51. The summed E-state index contributed by atoms with van der Waals surface area (Å²) < 4.78 is 6.12. The van der Waals surface area contributed by atoms with E-state index in [1.54, 1.807) is 6.08 Å². The lowest BCUT2D eigenvalue weighted by Gasteiger charge is -2.23. The number of carbonyl (C=O) groups is 2. The van der Waals surface area contributed by atoms with Crippen LogP contribution in [0.25, 0.3) is 0 Å². The van der Waals surface area contributed by atoms with Gasteiger partial charge in [-0.05, 0) is 29.3 Å². The second kappa shape index (κ2) is 7.69. The Morgan fingerprint density at radius 3 is 2.44 bits per heavy atom. The third kappa shape index (κ3) is 4.14. The van der Waals surface area contributed by atoms with Crippen LogP contribution in [0.5, 0.6) is 0 Å². The number of esters is 1. The molecule has 0 atom stereocenters. The van der Waals surface area contributed by atoms with Crippen LogP contribution < -0.4 is 4.90 Å². The number of hydrogen-bond acceptors (Lipinski definition) is 4. The van der Waals surface area contributed by atoms with Gasteiger partial charge in [0.05, 0.1) is 6.42 Å². The number of nitrogens with zero attached hydrogens (tertiary/aromatic N) is 1. The number of ether oxygens (including phenoxy) is 1. The Bertz CT molecular complexity index is 900. The predicted molar refractivity (Wildman–Crippen MR) is 110 cm³/mol. The molecule has 5 heteroatoms. The Hall–Kier alpha value is -2.40. The summed E-state index contributed by atoms with van der Waals surface area (Å²) in [7, 11) is 1.95. The fraction of sp³-hybridized carbons (Fsp3) is 0.273. The molecular formula is C22H22BrNO3. The number of anilines is 1. The van der Waals surface area contributed by atoms with Crippen LogP contribution in [0.15, 0.2) is 64.8 Å². The normalized spacial score (nSPS) is 16.3. The largest absolute Gasteiger partial charge is 0.457 e. The lowest BCUT2D eigenvalue weighted by Crippen LogP contribution is -2.25. The van der Waals surface area contributed by atoms with Crippen LogP contribution >= 0.6 is 15.9 Å². The third-order valence-electron chi connectivity index (χ3n) is 4.88. The fourth-order valence-corrected chi connectivity index (χ4v) is 3.69. The van der Waals surface area contributed by atoms with Gasteiger partial charge in [-0.2, -0.15) is 0 Å². The summed E-state index contributed by atoms with van der Waals surface area (Å²) >= 11 is 3.36. The standard InChI is InChI=1S/C22H22BrNO3/c1-22(2)18-6-4-5-7-19(18)24(3)20(22)13-17(25)14-27-21(26)12-15-8-10-16(23)11-9-15/h4-11,13H,12,14H2,1-3H3. The van der Waals surface area contributed by atoms with Crippen LogP contribution in [0, 0.1) is 0 Å². The molecule has 1 heterocycles. The molecule has 1 aliphatic rings. The van der Waals surface area contributed by atoms with E-state index in [1.165, 1.54) is 5.56 Å². The van der Waals surface area contributed by atoms with E-state index in [0.29, 0.717) is 0 Å². The molecule has 140 valence electrons. The summed E-state index contributed by atoms with van der Waals surface area (Å²) in [5, 5.41) is 0. The average Bonchev–Trinajstić information content (AvgIpc) is 2.83. The van der Waals surface area contributed by atoms with E-state index in [0.717, 1.165) is 21.4 Å². The summed E-state index contributed by atoms with van der Waals surface area (Å²) in [6, 6.07) is 15.5. The molecule has 0 spiro atoms. The zero-order chi connectivity index (χ0) is 19.6. The first-order chi connectivity index (χ1) is 12.8. The molecule has 0 aliphatic carbocycles. The smallest absolute Gasteiger partial charge is 0.310 e. The molecule has 1 aliphatic heterocycles. The average molecular weight is 428 g/mol. The first-order valence-electron chi connectivity index (χ1n) is 8.77. The molecule has 0 fully saturated rings. The minimum Gasteiger partial charge on any atom is -0.457 e. The monoisotopic (exact) mass is 427 g/mol. The molecule has 0 amide bonds. The first-order valence-corrected chi connectivity index (χ1v) is 9.56. The van der Waals surface area contributed by atoms with Crippen molar-refractivity contribution in [1.29, 1.82) is 0 Å². The van der Waals surface area contributed by atoms with E-state index in [-0.39, 0.29) is 24.2 Å². The highest BCUT2D eigenvalue weighted by Gasteiger charge is 2.38. The van der Waals surface area contributed by atoms with Crippen LogP contribution in [0.4, 0.5) is 5.69 Å².